The van der Waals surface area contributed by atoms with Crippen molar-refractivity contribution in [3.05, 3.63) is 0 Å². The van der Waals surface area contributed by atoms with Gasteiger partial charge in [0.15, 0.2) is 0 Å². The number of likely N-dealkylation sites (tertiary alicyclic amines) is 1. The standard InChI is InChI=1S/C16H34N2/c1-13(2)11-17-12-14(3)18-9-7-15(8-10-18)16(4,5)6/h13-15,17H,7-12H2,1-6H3. The first-order valence-electron chi connectivity index (χ1n) is 7.75. The van der Waals surface area contributed by atoms with Crippen molar-refractivity contribution in [3.63, 3.8) is 0 Å². The van der Waals surface area contributed by atoms with Crippen molar-refractivity contribution in [1.29, 1.82) is 0 Å². The van der Waals surface area contributed by atoms with Gasteiger partial charge in [-0.25, -0.2) is 0 Å². The molecule has 1 aliphatic rings. The van der Waals surface area contributed by atoms with E-state index < -0.39 is 0 Å². The number of piperidine rings is 1. The van der Waals surface area contributed by atoms with E-state index in [0.717, 1.165) is 24.9 Å². The molecule has 1 N–H and O–H groups in total. The van der Waals surface area contributed by atoms with E-state index in [1.165, 1.54) is 25.9 Å². The maximum absolute atomic E-state index is 3.58. The average Bonchev–Trinajstić information content (AvgIpc) is 2.27. The highest BCUT2D eigenvalue weighted by Crippen LogP contribution is 2.34. The Hall–Kier alpha value is -0.0800. The van der Waals surface area contributed by atoms with Crippen LogP contribution < -0.4 is 5.32 Å². The average molecular weight is 254 g/mol. The number of nitrogens with one attached hydrogen (secondary N) is 1. The Morgan fingerprint density at radius 3 is 2.06 bits per heavy atom. The third-order valence-corrected chi connectivity index (χ3v) is 4.37. The van der Waals surface area contributed by atoms with Gasteiger partial charge in [-0.3, -0.25) is 4.90 Å². The van der Waals surface area contributed by atoms with Crippen LogP contribution >= 0.6 is 0 Å². The second kappa shape index (κ2) is 6.91. The lowest BCUT2D eigenvalue weighted by molar-refractivity contribution is 0.0873. The second-order valence-corrected chi connectivity index (χ2v) is 7.58. The third kappa shape index (κ3) is 5.27. The van der Waals surface area contributed by atoms with Gasteiger partial charge in [0.2, 0.25) is 0 Å². The summed E-state index contributed by atoms with van der Waals surface area (Å²) in [5.74, 6) is 1.66. The molecule has 2 nitrogen and oxygen atoms in total. The Morgan fingerprint density at radius 2 is 1.61 bits per heavy atom. The van der Waals surface area contributed by atoms with E-state index in [-0.39, 0.29) is 0 Å². The molecule has 0 bridgehead atoms. The molecule has 1 heterocycles. The van der Waals surface area contributed by atoms with Gasteiger partial charge in [-0.1, -0.05) is 34.6 Å². The zero-order valence-electron chi connectivity index (χ0n) is 13.4. The van der Waals surface area contributed by atoms with Gasteiger partial charge in [0.05, 0.1) is 0 Å². The summed E-state index contributed by atoms with van der Waals surface area (Å²) in [6, 6.07) is 0.685. The number of hydrogen-bond donors (Lipinski definition) is 1. The quantitative estimate of drug-likeness (QED) is 0.809. The number of nitrogens with zero attached hydrogens (tertiary/aromatic N) is 1. The van der Waals surface area contributed by atoms with Crippen LogP contribution in [0.2, 0.25) is 0 Å². The maximum atomic E-state index is 3.58. The Labute approximate surface area is 115 Å². The third-order valence-electron chi connectivity index (χ3n) is 4.37. The van der Waals surface area contributed by atoms with Crippen LogP contribution in [0.4, 0.5) is 0 Å². The van der Waals surface area contributed by atoms with E-state index in [1.807, 2.05) is 0 Å². The van der Waals surface area contributed by atoms with Crippen molar-refractivity contribution in [3.8, 4) is 0 Å². The second-order valence-electron chi connectivity index (χ2n) is 7.58. The van der Waals surface area contributed by atoms with Gasteiger partial charge < -0.3 is 5.32 Å². The lowest BCUT2D eigenvalue weighted by atomic mass is 9.75. The van der Waals surface area contributed by atoms with E-state index in [0.29, 0.717) is 11.5 Å². The summed E-state index contributed by atoms with van der Waals surface area (Å²) in [7, 11) is 0. The van der Waals surface area contributed by atoms with Crippen molar-refractivity contribution in [1.82, 2.24) is 10.2 Å². The van der Waals surface area contributed by atoms with E-state index >= 15 is 0 Å². The molecule has 0 saturated carbocycles. The molecule has 0 aromatic carbocycles. The molecule has 0 spiro atoms. The fourth-order valence-electron chi connectivity index (χ4n) is 2.92. The molecule has 1 aliphatic heterocycles. The SMILES string of the molecule is CC(C)CNCC(C)N1CCC(C(C)(C)C)CC1. The van der Waals surface area contributed by atoms with Crippen LogP contribution in [0.25, 0.3) is 0 Å². The molecule has 0 aliphatic carbocycles. The van der Waals surface area contributed by atoms with Crippen LogP contribution in [-0.2, 0) is 0 Å². The van der Waals surface area contributed by atoms with E-state index in [1.54, 1.807) is 0 Å². The normalized spacial score (nSPS) is 21.5. The predicted molar refractivity (Wildman–Crippen MR) is 80.9 cm³/mol. The molecule has 0 radical (unpaired) electrons. The van der Waals surface area contributed by atoms with Crippen molar-refractivity contribution in [2.75, 3.05) is 26.2 Å². The molecule has 0 amide bonds. The summed E-state index contributed by atoms with van der Waals surface area (Å²) in [5.41, 5.74) is 0.491. The Kier molecular flexibility index (Phi) is 6.13. The summed E-state index contributed by atoms with van der Waals surface area (Å²) in [5, 5.41) is 3.58. The first kappa shape index (κ1) is 16.0. The summed E-state index contributed by atoms with van der Waals surface area (Å²) < 4.78 is 0. The summed E-state index contributed by atoms with van der Waals surface area (Å²) in [6.45, 7) is 18.9. The highest BCUT2D eigenvalue weighted by molar-refractivity contribution is 4.83. The van der Waals surface area contributed by atoms with E-state index in [4.69, 9.17) is 0 Å². The zero-order valence-corrected chi connectivity index (χ0v) is 13.4. The lowest BCUT2D eigenvalue weighted by Gasteiger charge is -2.41. The zero-order chi connectivity index (χ0) is 13.8. The first-order valence-corrected chi connectivity index (χ1v) is 7.75. The molecule has 2 heteroatoms. The Balaban J connectivity index is 2.25. The topological polar surface area (TPSA) is 15.3 Å². The highest BCUT2D eigenvalue weighted by atomic mass is 15.2. The fraction of sp³-hybridized carbons (Fsp3) is 1.00. The molecular formula is C16H34N2. The molecule has 1 atom stereocenters. The van der Waals surface area contributed by atoms with Gasteiger partial charge in [-0.15, -0.1) is 0 Å². The van der Waals surface area contributed by atoms with Crippen molar-refractivity contribution in [2.24, 2.45) is 17.3 Å². The van der Waals surface area contributed by atoms with Crippen molar-refractivity contribution in [2.45, 2.75) is 60.4 Å². The predicted octanol–water partition coefficient (Wildman–Crippen LogP) is 3.38. The van der Waals surface area contributed by atoms with Crippen LogP contribution in [-0.4, -0.2) is 37.1 Å². The summed E-state index contributed by atoms with van der Waals surface area (Å²) >= 11 is 0. The fourth-order valence-corrected chi connectivity index (χ4v) is 2.92. The minimum Gasteiger partial charge on any atom is -0.315 e. The van der Waals surface area contributed by atoms with Crippen LogP contribution in [0.1, 0.15) is 54.4 Å². The smallest absolute Gasteiger partial charge is 0.0192 e. The van der Waals surface area contributed by atoms with Crippen molar-refractivity contribution < 1.29 is 0 Å². The summed E-state index contributed by atoms with van der Waals surface area (Å²) in [4.78, 5) is 2.66. The van der Waals surface area contributed by atoms with Crippen LogP contribution in [0, 0.1) is 17.3 Å². The minimum absolute atomic E-state index is 0.491. The molecule has 0 aromatic rings. The van der Waals surface area contributed by atoms with Gasteiger partial charge in [0.1, 0.15) is 0 Å². The van der Waals surface area contributed by atoms with Gasteiger partial charge in [-0.05, 0) is 56.7 Å². The maximum Gasteiger partial charge on any atom is 0.0192 e. The lowest BCUT2D eigenvalue weighted by Crippen LogP contribution is -2.46. The van der Waals surface area contributed by atoms with Gasteiger partial charge in [0.25, 0.3) is 0 Å². The Morgan fingerprint density at radius 1 is 1.06 bits per heavy atom. The number of rotatable bonds is 5. The largest absolute Gasteiger partial charge is 0.315 e. The van der Waals surface area contributed by atoms with Crippen LogP contribution in [0.3, 0.4) is 0 Å². The molecule has 0 aromatic heterocycles. The Bertz CT molecular complexity index is 222. The van der Waals surface area contributed by atoms with Gasteiger partial charge in [0, 0.05) is 12.6 Å². The molecule has 18 heavy (non-hydrogen) atoms. The van der Waals surface area contributed by atoms with E-state index in [2.05, 4.69) is 51.8 Å². The number of hydrogen-bond acceptors (Lipinski definition) is 2. The van der Waals surface area contributed by atoms with Crippen molar-refractivity contribution >= 4 is 0 Å². The monoisotopic (exact) mass is 254 g/mol. The molecular weight excluding hydrogens is 220 g/mol. The van der Waals surface area contributed by atoms with Gasteiger partial charge in [-0.2, -0.15) is 0 Å². The highest BCUT2D eigenvalue weighted by Gasteiger charge is 2.29. The van der Waals surface area contributed by atoms with Crippen LogP contribution in [0.5, 0.6) is 0 Å². The van der Waals surface area contributed by atoms with Crippen LogP contribution in [0.15, 0.2) is 0 Å². The summed E-state index contributed by atoms with van der Waals surface area (Å²) in [6.07, 6.45) is 2.75. The minimum atomic E-state index is 0.491. The van der Waals surface area contributed by atoms with Gasteiger partial charge >= 0.3 is 0 Å². The molecule has 1 fully saturated rings. The van der Waals surface area contributed by atoms with E-state index in [9.17, 15) is 0 Å². The molecule has 1 unspecified atom stereocenters. The molecule has 108 valence electrons. The molecule has 1 rings (SSSR count). The molecule has 1 saturated heterocycles. The first-order chi connectivity index (χ1) is 8.30.